The largest absolute Gasteiger partial charge is 0.478 e. The zero-order chi connectivity index (χ0) is 12.6. The lowest BCUT2D eigenvalue weighted by Crippen LogP contribution is -2.28. The first-order valence-corrected chi connectivity index (χ1v) is 5.61. The zero-order valence-electron chi connectivity index (χ0n) is 9.88. The highest BCUT2D eigenvalue weighted by molar-refractivity contribution is 5.96. The first-order chi connectivity index (χ1) is 8.00. The number of benzene rings is 1. The maximum atomic E-state index is 11.9. The van der Waals surface area contributed by atoms with E-state index in [9.17, 15) is 9.59 Å². The van der Waals surface area contributed by atoms with Crippen molar-refractivity contribution in [2.45, 2.75) is 13.3 Å². The molecule has 1 saturated carbocycles. The molecule has 0 radical (unpaired) electrons. The minimum Gasteiger partial charge on any atom is -0.478 e. The number of amides is 1. The van der Waals surface area contributed by atoms with Gasteiger partial charge in [-0.15, -0.1) is 0 Å². The predicted octanol–water partition coefficient (Wildman–Crippen LogP) is 2.00. The number of rotatable bonds is 3. The number of aromatic carboxylic acids is 1. The van der Waals surface area contributed by atoms with E-state index in [1.54, 1.807) is 24.1 Å². The molecule has 0 heterocycles. The number of carbonyl (C=O) groups excluding carboxylic acids is 1. The minimum absolute atomic E-state index is 0.112. The third-order valence-electron chi connectivity index (χ3n) is 3.26. The lowest BCUT2D eigenvalue weighted by Gasteiger charge is -2.17. The maximum Gasteiger partial charge on any atom is 0.335 e. The molecule has 1 aliphatic rings. The molecular weight excluding hydrogens is 218 g/mol. The summed E-state index contributed by atoms with van der Waals surface area (Å²) >= 11 is 0. The second-order valence-electron chi connectivity index (χ2n) is 4.57. The number of carboxylic acid groups (broad SMARTS) is 1. The molecule has 0 aromatic heterocycles. The first-order valence-electron chi connectivity index (χ1n) is 5.61. The smallest absolute Gasteiger partial charge is 0.335 e. The fourth-order valence-corrected chi connectivity index (χ4v) is 1.87. The zero-order valence-corrected chi connectivity index (χ0v) is 9.88. The van der Waals surface area contributed by atoms with Crippen LogP contribution in [0, 0.1) is 11.8 Å². The Kier molecular flexibility index (Phi) is 2.88. The van der Waals surface area contributed by atoms with Gasteiger partial charge in [0, 0.05) is 18.7 Å². The van der Waals surface area contributed by atoms with Gasteiger partial charge in [-0.3, -0.25) is 4.79 Å². The number of anilines is 1. The standard InChI is InChI=1S/C13H15NO3/c1-8-7-11(8)12(15)14(2)10-5-3-9(4-6-10)13(16)17/h3-6,8,11H,7H2,1-2H3,(H,16,17). The van der Waals surface area contributed by atoms with Crippen molar-refractivity contribution in [3.63, 3.8) is 0 Å². The van der Waals surface area contributed by atoms with Crippen LogP contribution in [0.5, 0.6) is 0 Å². The van der Waals surface area contributed by atoms with Crippen LogP contribution < -0.4 is 4.90 Å². The van der Waals surface area contributed by atoms with E-state index in [2.05, 4.69) is 6.92 Å². The summed E-state index contributed by atoms with van der Waals surface area (Å²) in [7, 11) is 1.73. The SMILES string of the molecule is CC1CC1C(=O)N(C)c1ccc(C(=O)O)cc1. The Hall–Kier alpha value is -1.84. The Bertz CT molecular complexity index is 452. The molecule has 17 heavy (non-hydrogen) atoms. The molecule has 2 atom stereocenters. The van der Waals surface area contributed by atoms with Crippen molar-refractivity contribution in [3.05, 3.63) is 29.8 Å². The van der Waals surface area contributed by atoms with Gasteiger partial charge in [-0.2, -0.15) is 0 Å². The molecule has 0 spiro atoms. The number of nitrogens with zero attached hydrogens (tertiary/aromatic N) is 1. The summed E-state index contributed by atoms with van der Waals surface area (Å²) in [6, 6.07) is 6.35. The van der Waals surface area contributed by atoms with Crippen LogP contribution in [0.4, 0.5) is 5.69 Å². The molecular formula is C13H15NO3. The van der Waals surface area contributed by atoms with Gasteiger partial charge in [-0.25, -0.2) is 4.79 Å². The second-order valence-corrected chi connectivity index (χ2v) is 4.57. The Balaban J connectivity index is 2.11. The summed E-state index contributed by atoms with van der Waals surface area (Å²) in [6.45, 7) is 2.06. The monoisotopic (exact) mass is 233 g/mol. The number of hydrogen-bond donors (Lipinski definition) is 1. The van der Waals surface area contributed by atoms with Gasteiger partial charge < -0.3 is 10.0 Å². The van der Waals surface area contributed by atoms with Crippen LogP contribution in [0.25, 0.3) is 0 Å². The molecule has 1 fully saturated rings. The van der Waals surface area contributed by atoms with Gasteiger partial charge in [-0.05, 0) is 36.6 Å². The average molecular weight is 233 g/mol. The minimum atomic E-state index is -0.957. The van der Waals surface area contributed by atoms with Crippen LogP contribution in [0.2, 0.25) is 0 Å². The third-order valence-corrected chi connectivity index (χ3v) is 3.26. The quantitative estimate of drug-likeness (QED) is 0.868. The molecule has 2 rings (SSSR count). The van der Waals surface area contributed by atoms with Crippen molar-refractivity contribution >= 4 is 17.6 Å². The first kappa shape index (κ1) is 11.6. The highest BCUT2D eigenvalue weighted by atomic mass is 16.4. The van der Waals surface area contributed by atoms with E-state index >= 15 is 0 Å². The summed E-state index contributed by atoms with van der Waals surface area (Å²) in [4.78, 5) is 24.2. The van der Waals surface area contributed by atoms with Crippen LogP contribution in [-0.2, 0) is 4.79 Å². The molecule has 4 heteroatoms. The topological polar surface area (TPSA) is 57.6 Å². The Morgan fingerprint density at radius 2 is 1.82 bits per heavy atom. The van der Waals surface area contributed by atoms with Crippen molar-refractivity contribution in [2.24, 2.45) is 11.8 Å². The number of carboxylic acids is 1. The van der Waals surface area contributed by atoms with Gasteiger partial charge in [0.05, 0.1) is 5.56 Å². The lowest BCUT2D eigenvalue weighted by atomic mass is 10.2. The summed E-state index contributed by atoms with van der Waals surface area (Å²) in [5, 5.41) is 8.78. The van der Waals surface area contributed by atoms with Crippen molar-refractivity contribution in [3.8, 4) is 0 Å². The fourth-order valence-electron chi connectivity index (χ4n) is 1.87. The van der Waals surface area contributed by atoms with Gasteiger partial charge >= 0.3 is 5.97 Å². The highest BCUT2D eigenvalue weighted by Gasteiger charge is 2.40. The van der Waals surface area contributed by atoms with Crippen molar-refractivity contribution < 1.29 is 14.7 Å². The molecule has 0 saturated heterocycles. The Morgan fingerprint density at radius 1 is 1.29 bits per heavy atom. The summed E-state index contributed by atoms with van der Waals surface area (Å²) in [6.07, 6.45) is 0.955. The molecule has 1 N–H and O–H groups in total. The Morgan fingerprint density at radius 3 is 2.24 bits per heavy atom. The number of hydrogen-bond acceptors (Lipinski definition) is 2. The van der Waals surface area contributed by atoms with E-state index in [-0.39, 0.29) is 17.4 Å². The second kappa shape index (κ2) is 4.20. The molecule has 90 valence electrons. The normalized spacial score (nSPS) is 22.0. The van der Waals surface area contributed by atoms with E-state index in [4.69, 9.17) is 5.11 Å². The molecule has 1 aromatic rings. The van der Waals surface area contributed by atoms with Crippen molar-refractivity contribution in [1.82, 2.24) is 0 Å². The van der Waals surface area contributed by atoms with Gasteiger partial charge in [-0.1, -0.05) is 6.92 Å². The van der Waals surface area contributed by atoms with E-state index in [1.807, 2.05) is 0 Å². The van der Waals surface area contributed by atoms with E-state index in [1.165, 1.54) is 12.1 Å². The van der Waals surface area contributed by atoms with Crippen LogP contribution in [0.1, 0.15) is 23.7 Å². The lowest BCUT2D eigenvalue weighted by molar-refractivity contribution is -0.119. The summed E-state index contributed by atoms with van der Waals surface area (Å²) in [5.74, 6) is -0.232. The predicted molar refractivity (Wildman–Crippen MR) is 64.1 cm³/mol. The average Bonchev–Trinajstić information content (AvgIpc) is 3.04. The molecule has 1 aliphatic carbocycles. The van der Waals surface area contributed by atoms with E-state index in [0.29, 0.717) is 5.92 Å². The summed E-state index contributed by atoms with van der Waals surface area (Å²) < 4.78 is 0. The molecule has 1 amide bonds. The molecule has 1 aromatic carbocycles. The highest BCUT2D eigenvalue weighted by Crippen LogP contribution is 2.39. The summed E-state index contributed by atoms with van der Waals surface area (Å²) in [5.41, 5.74) is 0.966. The molecule has 4 nitrogen and oxygen atoms in total. The van der Waals surface area contributed by atoms with E-state index in [0.717, 1.165) is 12.1 Å². The third kappa shape index (κ3) is 2.30. The van der Waals surface area contributed by atoms with Crippen LogP contribution in [0.3, 0.4) is 0 Å². The van der Waals surface area contributed by atoms with Gasteiger partial charge in [0.1, 0.15) is 0 Å². The van der Waals surface area contributed by atoms with Crippen LogP contribution in [0.15, 0.2) is 24.3 Å². The van der Waals surface area contributed by atoms with Gasteiger partial charge in [0.25, 0.3) is 0 Å². The maximum absolute atomic E-state index is 11.9. The van der Waals surface area contributed by atoms with Gasteiger partial charge in [0.2, 0.25) is 5.91 Å². The molecule has 2 unspecified atom stereocenters. The number of carbonyl (C=O) groups is 2. The van der Waals surface area contributed by atoms with Gasteiger partial charge in [0.15, 0.2) is 0 Å². The van der Waals surface area contributed by atoms with Crippen molar-refractivity contribution in [1.29, 1.82) is 0 Å². The fraction of sp³-hybridized carbons (Fsp3) is 0.385. The van der Waals surface area contributed by atoms with Crippen LogP contribution in [-0.4, -0.2) is 24.0 Å². The van der Waals surface area contributed by atoms with Crippen LogP contribution >= 0.6 is 0 Å². The van der Waals surface area contributed by atoms with E-state index < -0.39 is 5.97 Å². The van der Waals surface area contributed by atoms with Crippen molar-refractivity contribution in [2.75, 3.05) is 11.9 Å². The Labute approximate surface area is 99.9 Å². The molecule has 0 aliphatic heterocycles. The molecule has 0 bridgehead atoms.